The molecule has 1 aromatic carbocycles. The van der Waals surface area contributed by atoms with Crippen LogP contribution in [0.2, 0.25) is 0 Å². The number of hydrogen-bond acceptors (Lipinski definition) is 3. The van der Waals surface area contributed by atoms with Gasteiger partial charge in [-0.2, -0.15) is 0 Å². The molecule has 1 heterocycles. The maximum absolute atomic E-state index is 4.93. The summed E-state index contributed by atoms with van der Waals surface area (Å²) in [5, 5.41) is 0. The second-order valence-corrected chi connectivity index (χ2v) is 7.70. The molecule has 0 spiro atoms. The third-order valence-corrected chi connectivity index (χ3v) is 5.55. The minimum atomic E-state index is 0.426. The molecule has 3 nitrogen and oxygen atoms in total. The molecule has 2 aliphatic rings. The highest BCUT2D eigenvalue weighted by atomic mass is 15.2. The molecule has 0 bridgehead atoms. The summed E-state index contributed by atoms with van der Waals surface area (Å²) in [6.07, 6.45) is 7.50. The van der Waals surface area contributed by atoms with Gasteiger partial charge in [0.25, 0.3) is 0 Å². The first-order valence-corrected chi connectivity index (χ1v) is 9.93. The fraction of sp³-hybridized carbons (Fsp3) is 0.545. The van der Waals surface area contributed by atoms with Crippen molar-refractivity contribution in [2.24, 2.45) is 5.92 Å². The van der Waals surface area contributed by atoms with Crippen LogP contribution in [0.3, 0.4) is 0 Å². The standard InChI is InChI=1S/C22H29N3/c1-3-14-25(15-17-12-13-17)22-20-11-7-10-19(18-8-5-4-6-9-18)21(20)23-16(2)24-22/h4-6,8-9,17,19H,3,7,10-15H2,1-2H3. The number of hydrogen-bond donors (Lipinski definition) is 0. The maximum atomic E-state index is 4.93. The molecule has 0 amide bonds. The topological polar surface area (TPSA) is 29.0 Å². The molecule has 1 saturated carbocycles. The van der Waals surface area contributed by atoms with Crippen molar-refractivity contribution in [2.75, 3.05) is 18.0 Å². The van der Waals surface area contributed by atoms with Gasteiger partial charge in [0.15, 0.2) is 0 Å². The Hall–Kier alpha value is -1.90. The highest BCUT2D eigenvalue weighted by molar-refractivity contribution is 5.53. The number of aromatic nitrogens is 2. The first-order valence-electron chi connectivity index (χ1n) is 9.93. The van der Waals surface area contributed by atoms with Crippen LogP contribution in [-0.2, 0) is 6.42 Å². The fourth-order valence-corrected chi connectivity index (χ4v) is 4.19. The van der Waals surface area contributed by atoms with Crippen molar-refractivity contribution >= 4 is 5.82 Å². The van der Waals surface area contributed by atoms with Gasteiger partial charge in [0.2, 0.25) is 0 Å². The van der Waals surface area contributed by atoms with Crippen molar-refractivity contribution in [3.8, 4) is 0 Å². The fourth-order valence-electron chi connectivity index (χ4n) is 4.19. The van der Waals surface area contributed by atoms with Crippen LogP contribution in [0.25, 0.3) is 0 Å². The maximum Gasteiger partial charge on any atom is 0.135 e. The van der Waals surface area contributed by atoms with E-state index in [9.17, 15) is 0 Å². The average molecular weight is 335 g/mol. The van der Waals surface area contributed by atoms with E-state index in [1.807, 2.05) is 0 Å². The first kappa shape index (κ1) is 16.6. The molecular formula is C22H29N3. The highest BCUT2D eigenvalue weighted by Crippen LogP contribution is 2.40. The molecule has 4 rings (SSSR count). The average Bonchev–Trinajstić information content (AvgIpc) is 3.45. The second kappa shape index (κ2) is 7.15. The lowest BCUT2D eigenvalue weighted by atomic mass is 9.82. The zero-order valence-corrected chi connectivity index (χ0v) is 15.5. The summed E-state index contributed by atoms with van der Waals surface area (Å²) < 4.78 is 0. The number of anilines is 1. The highest BCUT2D eigenvalue weighted by Gasteiger charge is 2.30. The molecule has 1 atom stereocenters. The Morgan fingerprint density at radius 1 is 1.08 bits per heavy atom. The van der Waals surface area contributed by atoms with Gasteiger partial charge in [-0.25, -0.2) is 9.97 Å². The molecule has 0 N–H and O–H groups in total. The van der Waals surface area contributed by atoms with Crippen LogP contribution in [0.1, 0.15) is 67.6 Å². The van der Waals surface area contributed by atoms with Crippen LogP contribution in [0.15, 0.2) is 30.3 Å². The lowest BCUT2D eigenvalue weighted by Gasteiger charge is -2.31. The molecule has 0 aliphatic heterocycles. The first-order chi connectivity index (χ1) is 12.3. The Morgan fingerprint density at radius 2 is 1.88 bits per heavy atom. The Balaban J connectivity index is 1.75. The van der Waals surface area contributed by atoms with E-state index >= 15 is 0 Å². The van der Waals surface area contributed by atoms with E-state index in [1.54, 1.807) is 0 Å². The largest absolute Gasteiger partial charge is 0.356 e. The van der Waals surface area contributed by atoms with Gasteiger partial charge in [-0.3, -0.25) is 0 Å². The molecule has 0 saturated heterocycles. The van der Waals surface area contributed by atoms with E-state index in [4.69, 9.17) is 9.97 Å². The summed E-state index contributed by atoms with van der Waals surface area (Å²) >= 11 is 0. The van der Waals surface area contributed by atoms with Crippen molar-refractivity contribution in [1.82, 2.24) is 9.97 Å². The monoisotopic (exact) mass is 335 g/mol. The summed E-state index contributed by atoms with van der Waals surface area (Å²) in [7, 11) is 0. The third-order valence-electron chi connectivity index (χ3n) is 5.55. The SMILES string of the molecule is CCCN(CC1CC1)c1nc(C)nc2c1CCCC2c1ccccc1. The number of benzene rings is 1. The number of aryl methyl sites for hydroxylation is 1. The number of nitrogens with zero attached hydrogens (tertiary/aromatic N) is 3. The zero-order chi connectivity index (χ0) is 17.2. The molecule has 1 aromatic heterocycles. The lowest BCUT2D eigenvalue weighted by molar-refractivity contribution is 0.585. The molecule has 2 aromatic rings. The van der Waals surface area contributed by atoms with Crippen molar-refractivity contribution in [3.05, 3.63) is 53.0 Å². The summed E-state index contributed by atoms with van der Waals surface area (Å²) in [5.41, 5.74) is 4.10. The normalized spacial score (nSPS) is 19.5. The van der Waals surface area contributed by atoms with Gasteiger partial charge < -0.3 is 4.90 Å². The van der Waals surface area contributed by atoms with Gasteiger partial charge in [-0.05, 0) is 56.9 Å². The molecule has 1 fully saturated rings. The van der Waals surface area contributed by atoms with E-state index < -0.39 is 0 Å². The van der Waals surface area contributed by atoms with E-state index in [-0.39, 0.29) is 0 Å². The Bertz CT molecular complexity index is 722. The van der Waals surface area contributed by atoms with E-state index in [0.29, 0.717) is 5.92 Å². The molecule has 2 aliphatic carbocycles. The van der Waals surface area contributed by atoms with Crippen molar-refractivity contribution < 1.29 is 0 Å². The van der Waals surface area contributed by atoms with Crippen LogP contribution in [0.5, 0.6) is 0 Å². The lowest BCUT2D eigenvalue weighted by Crippen LogP contribution is -2.30. The van der Waals surface area contributed by atoms with E-state index in [2.05, 4.69) is 49.1 Å². The van der Waals surface area contributed by atoms with Crippen LogP contribution in [0, 0.1) is 12.8 Å². The van der Waals surface area contributed by atoms with Crippen LogP contribution >= 0.6 is 0 Å². The predicted molar refractivity (Wildman–Crippen MR) is 103 cm³/mol. The smallest absolute Gasteiger partial charge is 0.135 e. The number of fused-ring (bicyclic) bond motifs is 1. The summed E-state index contributed by atoms with van der Waals surface area (Å²) in [5.74, 6) is 3.46. The summed E-state index contributed by atoms with van der Waals surface area (Å²) in [6.45, 7) is 6.61. The van der Waals surface area contributed by atoms with Crippen molar-refractivity contribution in [1.29, 1.82) is 0 Å². The van der Waals surface area contributed by atoms with Crippen molar-refractivity contribution in [2.45, 2.75) is 58.3 Å². The van der Waals surface area contributed by atoms with Crippen LogP contribution in [-0.4, -0.2) is 23.1 Å². The zero-order valence-electron chi connectivity index (χ0n) is 15.5. The molecule has 3 heteroatoms. The Morgan fingerprint density at radius 3 is 2.60 bits per heavy atom. The quantitative estimate of drug-likeness (QED) is 0.753. The molecule has 132 valence electrons. The Kier molecular flexibility index (Phi) is 4.74. The van der Waals surface area contributed by atoms with Gasteiger partial charge >= 0.3 is 0 Å². The van der Waals surface area contributed by atoms with Crippen LogP contribution in [0.4, 0.5) is 5.82 Å². The van der Waals surface area contributed by atoms with E-state index in [0.717, 1.165) is 24.7 Å². The van der Waals surface area contributed by atoms with Gasteiger partial charge in [0, 0.05) is 24.6 Å². The summed E-state index contributed by atoms with van der Waals surface area (Å²) in [4.78, 5) is 12.4. The van der Waals surface area contributed by atoms with Crippen LogP contribution < -0.4 is 4.90 Å². The van der Waals surface area contributed by atoms with Gasteiger partial charge in [0.1, 0.15) is 11.6 Å². The summed E-state index contributed by atoms with van der Waals surface area (Å²) in [6, 6.07) is 10.9. The van der Waals surface area contributed by atoms with Gasteiger partial charge in [-0.1, -0.05) is 37.3 Å². The number of rotatable bonds is 6. The van der Waals surface area contributed by atoms with Crippen molar-refractivity contribution in [3.63, 3.8) is 0 Å². The van der Waals surface area contributed by atoms with Gasteiger partial charge in [0.05, 0.1) is 5.69 Å². The third kappa shape index (κ3) is 3.56. The molecule has 25 heavy (non-hydrogen) atoms. The van der Waals surface area contributed by atoms with E-state index in [1.165, 1.54) is 61.3 Å². The van der Waals surface area contributed by atoms with Gasteiger partial charge in [-0.15, -0.1) is 0 Å². The molecular weight excluding hydrogens is 306 g/mol. The second-order valence-electron chi connectivity index (χ2n) is 7.70. The molecule has 1 unspecified atom stereocenters. The minimum absolute atomic E-state index is 0.426. The predicted octanol–water partition coefficient (Wildman–Crippen LogP) is 4.88. The minimum Gasteiger partial charge on any atom is -0.356 e. The Labute approximate surface area is 151 Å². The molecule has 0 radical (unpaired) electrons.